The molecule has 0 fully saturated rings. The van der Waals surface area contributed by atoms with E-state index < -0.39 is 5.75 Å². The number of aromatic hydroxyl groups is 3. The van der Waals surface area contributed by atoms with Crippen molar-refractivity contribution in [2.75, 3.05) is 6.54 Å². The molecule has 28 heavy (non-hydrogen) atoms. The minimum atomic E-state index is -0.540. The van der Waals surface area contributed by atoms with Gasteiger partial charge in [-0.1, -0.05) is 17.7 Å². The van der Waals surface area contributed by atoms with Crippen molar-refractivity contribution in [2.24, 2.45) is 0 Å². The van der Waals surface area contributed by atoms with Gasteiger partial charge in [-0.2, -0.15) is 0 Å². The Hall–Kier alpha value is -3.03. The van der Waals surface area contributed by atoms with Crippen molar-refractivity contribution in [3.05, 3.63) is 68.6 Å². The summed E-state index contributed by atoms with van der Waals surface area (Å²) in [4.78, 5) is 22.0. The molecule has 0 amide bonds. The lowest BCUT2D eigenvalue weighted by Crippen LogP contribution is -2.35. The first-order valence-corrected chi connectivity index (χ1v) is 9.13. The summed E-state index contributed by atoms with van der Waals surface area (Å²) in [5.74, 6) is -0.756. The van der Waals surface area contributed by atoms with Crippen LogP contribution >= 0.6 is 11.6 Å². The molecule has 1 aromatic heterocycles. The van der Waals surface area contributed by atoms with Crippen molar-refractivity contribution >= 4 is 11.6 Å². The van der Waals surface area contributed by atoms with E-state index in [1.54, 1.807) is 18.2 Å². The van der Waals surface area contributed by atoms with Crippen LogP contribution in [0.1, 0.15) is 16.8 Å². The summed E-state index contributed by atoms with van der Waals surface area (Å²) in [5, 5.41) is 29.8. The molecule has 7 nitrogen and oxygen atoms in total. The van der Waals surface area contributed by atoms with E-state index in [1.165, 1.54) is 6.07 Å². The monoisotopic (exact) mass is 399 g/mol. The summed E-state index contributed by atoms with van der Waals surface area (Å²) in [6, 6.07) is 9.99. The highest BCUT2D eigenvalue weighted by Crippen LogP contribution is 2.37. The van der Waals surface area contributed by atoms with Crippen molar-refractivity contribution in [2.45, 2.75) is 19.5 Å². The van der Waals surface area contributed by atoms with E-state index in [9.17, 15) is 20.1 Å². The first kappa shape index (κ1) is 18.3. The largest absolute Gasteiger partial charge is 0.504 e. The van der Waals surface area contributed by atoms with Crippen molar-refractivity contribution in [3.8, 4) is 28.6 Å². The fourth-order valence-corrected chi connectivity index (χ4v) is 3.47. The topological polar surface area (TPSA) is 110 Å². The van der Waals surface area contributed by atoms with Gasteiger partial charge in [0.15, 0.2) is 11.5 Å². The maximum Gasteiger partial charge on any atom is 0.255 e. The second kappa shape index (κ2) is 7.18. The minimum absolute atomic E-state index is 0.197. The molecule has 144 valence electrons. The van der Waals surface area contributed by atoms with E-state index in [0.29, 0.717) is 48.0 Å². The number of benzene rings is 2. The molecule has 0 unspecified atom stereocenters. The molecule has 0 bridgehead atoms. The Morgan fingerprint density at radius 2 is 1.82 bits per heavy atom. The Morgan fingerprint density at radius 1 is 1.07 bits per heavy atom. The molecule has 0 aliphatic carbocycles. The first-order valence-electron chi connectivity index (χ1n) is 8.75. The molecule has 0 atom stereocenters. The smallest absolute Gasteiger partial charge is 0.255 e. The normalized spacial score (nSPS) is 14.0. The summed E-state index contributed by atoms with van der Waals surface area (Å²) in [6.45, 7) is 1.35. The fraction of sp³-hybridized carbons (Fsp3) is 0.200. The number of aromatic nitrogens is 2. The number of phenolic OH excluding ortho intramolecular Hbond substituents is 3. The van der Waals surface area contributed by atoms with Crippen molar-refractivity contribution in [1.82, 2.24) is 14.9 Å². The van der Waals surface area contributed by atoms with Crippen LogP contribution < -0.4 is 5.56 Å². The fourth-order valence-electron chi connectivity index (χ4n) is 3.34. The highest BCUT2D eigenvalue weighted by atomic mass is 35.5. The van der Waals surface area contributed by atoms with Gasteiger partial charge >= 0.3 is 0 Å². The number of halogens is 1. The number of phenols is 3. The maximum atomic E-state index is 12.6. The number of aromatic amines is 1. The van der Waals surface area contributed by atoms with Crippen molar-refractivity contribution in [1.29, 1.82) is 0 Å². The van der Waals surface area contributed by atoms with E-state index in [-0.39, 0.29) is 17.1 Å². The third kappa shape index (κ3) is 3.42. The molecule has 1 aliphatic heterocycles. The van der Waals surface area contributed by atoms with Crippen LogP contribution in [0.15, 0.2) is 41.2 Å². The lowest BCUT2D eigenvalue weighted by atomic mass is 10.0. The summed E-state index contributed by atoms with van der Waals surface area (Å²) >= 11 is 5.91. The Kier molecular flexibility index (Phi) is 4.70. The van der Waals surface area contributed by atoms with Crippen LogP contribution in [-0.2, 0) is 19.5 Å². The summed E-state index contributed by atoms with van der Waals surface area (Å²) in [6.07, 6.45) is 0.588. The van der Waals surface area contributed by atoms with Crippen LogP contribution in [0.25, 0.3) is 11.4 Å². The average molecular weight is 400 g/mol. The number of rotatable bonds is 3. The van der Waals surface area contributed by atoms with Crippen LogP contribution in [0.2, 0.25) is 5.02 Å². The molecule has 0 saturated heterocycles. The lowest BCUT2D eigenvalue weighted by Gasteiger charge is -2.28. The second-order valence-corrected chi connectivity index (χ2v) is 7.18. The molecule has 4 rings (SSSR count). The summed E-state index contributed by atoms with van der Waals surface area (Å²) < 4.78 is 0. The van der Waals surface area contributed by atoms with Crippen LogP contribution in [0.4, 0.5) is 0 Å². The van der Waals surface area contributed by atoms with Gasteiger partial charge in [-0.05, 0) is 30.3 Å². The number of fused-ring (bicyclic) bond motifs is 1. The summed E-state index contributed by atoms with van der Waals surface area (Å²) in [7, 11) is 0. The van der Waals surface area contributed by atoms with Gasteiger partial charge in [-0.3, -0.25) is 9.69 Å². The second-order valence-electron chi connectivity index (χ2n) is 6.75. The Balaban J connectivity index is 1.58. The van der Waals surface area contributed by atoms with E-state index in [0.717, 1.165) is 11.3 Å². The molecule has 3 aromatic rings. The zero-order valence-corrected chi connectivity index (χ0v) is 15.6. The number of hydrogen-bond acceptors (Lipinski definition) is 6. The van der Waals surface area contributed by atoms with E-state index in [1.807, 2.05) is 17.0 Å². The maximum absolute atomic E-state index is 12.6. The minimum Gasteiger partial charge on any atom is -0.504 e. The molecule has 8 heteroatoms. The molecule has 1 aliphatic rings. The van der Waals surface area contributed by atoms with Gasteiger partial charge in [0.1, 0.15) is 5.82 Å². The molecular formula is C20H18ClN3O4. The van der Waals surface area contributed by atoms with Gasteiger partial charge in [0.25, 0.3) is 5.56 Å². The van der Waals surface area contributed by atoms with Crippen LogP contribution in [0, 0.1) is 0 Å². The first-order chi connectivity index (χ1) is 13.4. The van der Waals surface area contributed by atoms with Gasteiger partial charge in [-0.15, -0.1) is 0 Å². The van der Waals surface area contributed by atoms with Gasteiger partial charge in [-0.25, -0.2) is 4.98 Å². The van der Waals surface area contributed by atoms with Crippen molar-refractivity contribution < 1.29 is 15.3 Å². The lowest BCUT2D eigenvalue weighted by molar-refractivity contribution is 0.237. The number of H-pyrrole nitrogens is 1. The quantitative estimate of drug-likeness (QED) is 0.504. The Labute approximate surface area is 165 Å². The summed E-state index contributed by atoms with van der Waals surface area (Å²) in [5.41, 5.74) is 2.41. The van der Waals surface area contributed by atoms with E-state index in [2.05, 4.69) is 9.97 Å². The molecule has 0 radical (unpaired) electrons. The molecule has 4 N–H and O–H groups in total. The number of hydrogen-bond donors (Lipinski definition) is 4. The van der Waals surface area contributed by atoms with Gasteiger partial charge in [0.05, 0.1) is 11.3 Å². The van der Waals surface area contributed by atoms with Crippen molar-refractivity contribution in [3.63, 3.8) is 0 Å². The van der Waals surface area contributed by atoms with Crippen LogP contribution in [0.3, 0.4) is 0 Å². The molecule has 0 saturated carbocycles. The molecule has 0 spiro atoms. The van der Waals surface area contributed by atoms with Crippen LogP contribution in [-0.4, -0.2) is 36.7 Å². The SMILES string of the molecule is O=c1[nH]c(-c2ccc(Cl)cc2)nc2c1CN(Cc1ccc(O)c(O)c1O)CC2. The predicted molar refractivity (Wildman–Crippen MR) is 105 cm³/mol. The van der Waals surface area contributed by atoms with Gasteiger partial charge in [0, 0.05) is 42.2 Å². The highest BCUT2D eigenvalue weighted by molar-refractivity contribution is 6.30. The van der Waals surface area contributed by atoms with Gasteiger partial charge in [0.2, 0.25) is 5.75 Å². The zero-order chi connectivity index (χ0) is 19.8. The number of nitrogens with one attached hydrogen (secondary N) is 1. The molecule has 2 aromatic carbocycles. The standard InChI is InChI=1S/C20H18ClN3O4/c21-13-4-1-11(2-5-13)19-22-15-7-8-24(10-14(15)20(28)23-19)9-12-3-6-16(25)18(27)17(12)26/h1-6,25-27H,7-10H2,(H,22,23,28). The van der Waals surface area contributed by atoms with E-state index in [4.69, 9.17) is 11.6 Å². The molecular weight excluding hydrogens is 382 g/mol. The third-order valence-corrected chi connectivity index (χ3v) is 5.12. The Bertz CT molecular complexity index is 1100. The Morgan fingerprint density at radius 3 is 2.57 bits per heavy atom. The van der Waals surface area contributed by atoms with E-state index >= 15 is 0 Å². The predicted octanol–water partition coefficient (Wildman–Crippen LogP) is 2.77. The van der Waals surface area contributed by atoms with Crippen LogP contribution in [0.5, 0.6) is 17.2 Å². The zero-order valence-electron chi connectivity index (χ0n) is 14.8. The van der Waals surface area contributed by atoms with Gasteiger partial charge < -0.3 is 20.3 Å². The average Bonchev–Trinajstić information content (AvgIpc) is 2.69. The third-order valence-electron chi connectivity index (χ3n) is 4.87. The number of nitrogens with zero attached hydrogens (tertiary/aromatic N) is 2. The highest BCUT2D eigenvalue weighted by Gasteiger charge is 2.23. The molecule has 2 heterocycles.